The maximum absolute atomic E-state index is 12.8. The number of nitrogens with zero attached hydrogens (tertiary/aromatic N) is 1. The van der Waals surface area contributed by atoms with E-state index in [1.165, 1.54) is 7.11 Å². The fourth-order valence-corrected chi connectivity index (χ4v) is 4.70. The molecular weight excluding hydrogens is 525 g/mol. The largest absolute Gasteiger partial charge is 0.493 e. The summed E-state index contributed by atoms with van der Waals surface area (Å²) in [5.41, 5.74) is 2.14. The van der Waals surface area contributed by atoms with Crippen molar-refractivity contribution in [2.24, 2.45) is 0 Å². The number of carbonyl (C=O) groups excluding carboxylic acids is 3. The Bertz CT molecular complexity index is 1230. The van der Waals surface area contributed by atoms with Crippen molar-refractivity contribution >= 4 is 58.2 Å². The Balaban J connectivity index is 1.87. The van der Waals surface area contributed by atoms with Crippen molar-refractivity contribution in [3.8, 4) is 11.5 Å². The van der Waals surface area contributed by atoms with E-state index >= 15 is 0 Å². The van der Waals surface area contributed by atoms with E-state index in [9.17, 15) is 14.4 Å². The number of thioether (sulfide) groups is 1. The molecule has 0 radical (unpaired) electrons. The number of amides is 2. The molecular formula is C26H25Cl2NO6S. The SMILES string of the molecule is C=CCc1cc(/C=C2/SC(=O)N(CC(=O)OC(C)C)C2=O)cc(OC)c1OCc1ccc(Cl)cc1Cl. The fourth-order valence-electron chi connectivity index (χ4n) is 3.40. The Morgan fingerprint density at radius 1 is 1.17 bits per heavy atom. The minimum atomic E-state index is -0.647. The predicted octanol–water partition coefficient (Wildman–Crippen LogP) is 6.30. The highest BCUT2D eigenvalue weighted by Crippen LogP contribution is 2.38. The van der Waals surface area contributed by atoms with E-state index in [4.69, 9.17) is 37.4 Å². The van der Waals surface area contributed by atoms with Gasteiger partial charge in [-0.1, -0.05) is 35.3 Å². The molecule has 2 aromatic carbocycles. The van der Waals surface area contributed by atoms with E-state index < -0.39 is 23.7 Å². The van der Waals surface area contributed by atoms with Gasteiger partial charge in [0.15, 0.2) is 11.5 Å². The molecule has 1 saturated heterocycles. The molecule has 10 heteroatoms. The smallest absolute Gasteiger partial charge is 0.326 e. The van der Waals surface area contributed by atoms with Crippen LogP contribution < -0.4 is 9.47 Å². The lowest BCUT2D eigenvalue weighted by Gasteiger charge is -2.16. The van der Waals surface area contributed by atoms with Crippen LogP contribution in [0.25, 0.3) is 6.08 Å². The number of imide groups is 1. The van der Waals surface area contributed by atoms with Crippen LogP contribution in [-0.2, 0) is 27.4 Å². The van der Waals surface area contributed by atoms with Gasteiger partial charge in [-0.05, 0) is 67.9 Å². The summed E-state index contributed by atoms with van der Waals surface area (Å²) in [6, 6.07) is 8.68. The molecule has 0 saturated carbocycles. The van der Waals surface area contributed by atoms with E-state index in [0.29, 0.717) is 33.5 Å². The highest BCUT2D eigenvalue weighted by molar-refractivity contribution is 8.18. The van der Waals surface area contributed by atoms with E-state index in [1.807, 2.05) is 6.07 Å². The third kappa shape index (κ3) is 6.84. The molecule has 2 aromatic rings. The molecule has 1 aliphatic heterocycles. The number of halogens is 2. The zero-order chi connectivity index (χ0) is 26.4. The van der Waals surface area contributed by atoms with Crippen molar-refractivity contribution in [3.63, 3.8) is 0 Å². The quantitative estimate of drug-likeness (QED) is 0.195. The second-order valence-corrected chi connectivity index (χ2v) is 9.87. The van der Waals surface area contributed by atoms with Crippen molar-refractivity contribution in [3.05, 3.63) is 74.6 Å². The minimum Gasteiger partial charge on any atom is -0.493 e. The number of carbonyl (C=O) groups is 3. The molecule has 0 spiro atoms. The van der Waals surface area contributed by atoms with Crippen molar-refractivity contribution in [2.75, 3.05) is 13.7 Å². The van der Waals surface area contributed by atoms with Gasteiger partial charge in [-0.2, -0.15) is 0 Å². The molecule has 36 heavy (non-hydrogen) atoms. The number of benzene rings is 2. The van der Waals surface area contributed by atoms with Crippen LogP contribution in [0, 0.1) is 0 Å². The van der Waals surface area contributed by atoms with Crippen LogP contribution in [0.1, 0.15) is 30.5 Å². The van der Waals surface area contributed by atoms with Crippen LogP contribution in [0.5, 0.6) is 11.5 Å². The number of allylic oxidation sites excluding steroid dienone is 1. The Hall–Kier alpha value is -2.94. The zero-order valence-electron chi connectivity index (χ0n) is 20.0. The van der Waals surface area contributed by atoms with Crippen molar-refractivity contribution in [1.82, 2.24) is 4.90 Å². The van der Waals surface area contributed by atoms with Crippen LogP contribution in [0.15, 0.2) is 47.9 Å². The number of methoxy groups -OCH3 is 1. The summed E-state index contributed by atoms with van der Waals surface area (Å²) in [7, 11) is 1.51. The molecule has 0 aliphatic carbocycles. The average molecular weight is 550 g/mol. The van der Waals surface area contributed by atoms with Crippen molar-refractivity contribution < 1.29 is 28.6 Å². The van der Waals surface area contributed by atoms with Gasteiger partial charge in [-0.15, -0.1) is 6.58 Å². The van der Waals surface area contributed by atoms with Gasteiger partial charge in [0.05, 0.1) is 18.1 Å². The molecule has 0 unspecified atom stereocenters. The molecule has 0 aromatic heterocycles. The minimum absolute atomic E-state index is 0.182. The Labute approximate surface area is 224 Å². The van der Waals surface area contributed by atoms with Gasteiger partial charge in [0.2, 0.25) is 0 Å². The lowest BCUT2D eigenvalue weighted by molar-refractivity contribution is -0.149. The standard InChI is InChI=1S/C26H25Cl2NO6S/c1-5-6-17-9-16(11-22-25(31)29(26(32)36-22)13-23(30)35-15(2)3)10-21(33-4)24(17)34-14-18-7-8-19(27)12-20(18)28/h5,7-12,15H,1,6,13-14H2,2-4H3/b22-11+. The highest BCUT2D eigenvalue weighted by Gasteiger charge is 2.37. The maximum atomic E-state index is 12.8. The zero-order valence-corrected chi connectivity index (χ0v) is 22.3. The molecule has 0 atom stereocenters. The van der Waals surface area contributed by atoms with Crippen LogP contribution in [0.2, 0.25) is 10.0 Å². The number of esters is 1. The molecule has 190 valence electrons. The van der Waals surface area contributed by atoms with Crippen molar-refractivity contribution in [2.45, 2.75) is 33.0 Å². The summed E-state index contributed by atoms with van der Waals surface area (Å²) in [4.78, 5) is 38.2. The first-order chi connectivity index (χ1) is 17.1. The summed E-state index contributed by atoms with van der Waals surface area (Å²) in [5, 5.41) is 0.473. The second-order valence-electron chi connectivity index (χ2n) is 8.04. The topological polar surface area (TPSA) is 82.1 Å². The third-order valence-corrected chi connectivity index (χ3v) is 6.45. The molecule has 0 N–H and O–H groups in total. The summed E-state index contributed by atoms with van der Waals surface area (Å²) in [5.74, 6) is -0.269. The molecule has 1 fully saturated rings. The molecule has 2 amide bonds. The lowest BCUT2D eigenvalue weighted by Crippen LogP contribution is -2.35. The van der Waals surface area contributed by atoms with Gasteiger partial charge in [0.1, 0.15) is 13.2 Å². The van der Waals surface area contributed by atoms with E-state index in [0.717, 1.165) is 27.8 Å². The van der Waals surface area contributed by atoms with Crippen LogP contribution in [0.4, 0.5) is 4.79 Å². The van der Waals surface area contributed by atoms with Gasteiger partial charge >= 0.3 is 5.97 Å². The Kier molecular flexibility index (Phi) is 9.48. The summed E-state index contributed by atoms with van der Waals surface area (Å²) in [6.45, 7) is 6.93. The number of rotatable bonds is 10. The van der Waals surface area contributed by atoms with E-state index in [2.05, 4.69) is 6.58 Å². The molecule has 3 rings (SSSR count). The number of hydrogen-bond donors (Lipinski definition) is 0. The van der Waals surface area contributed by atoms with Gasteiger partial charge in [0, 0.05) is 21.2 Å². The first kappa shape index (κ1) is 27.6. The highest BCUT2D eigenvalue weighted by atomic mass is 35.5. The van der Waals surface area contributed by atoms with Gasteiger partial charge in [0.25, 0.3) is 11.1 Å². The summed E-state index contributed by atoms with van der Waals surface area (Å²) in [6.07, 6.45) is 3.41. The molecule has 1 heterocycles. The summed E-state index contributed by atoms with van der Waals surface area (Å²) < 4.78 is 16.7. The van der Waals surface area contributed by atoms with Gasteiger partial charge in [-0.25, -0.2) is 0 Å². The van der Waals surface area contributed by atoms with E-state index in [-0.39, 0.29) is 17.6 Å². The summed E-state index contributed by atoms with van der Waals surface area (Å²) >= 11 is 13.0. The van der Waals surface area contributed by atoms with Crippen LogP contribution in [-0.4, -0.2) is 41.8 Å². The van der Waals surface area contributed by atoms with E-state index in [1.54, 1.807) is 50.3 Å². The normalized spacial score (nSPS) is 14.5. The number of ether oxygens (including phenoxy) is 3. The predicted molar refractivity (Wildman–Crippen MR) is 142 cm³/mol. The second kappa shape index (κ2) is 12.3. The third-order valence-electron chi connectivity index (χ3n) is 4.95. The van der Waals surface area contributed by atoms with Crippen LogP contribution >= 0.6 is 35.0 Å². The molecule has 0 bridgehead atoms. The molecule has 7 nitrogen and oxygen atoms in total. The lowest BCUT2D eigenvalue weighted by atomic mass is 10.0. The first-order valence-electron chi connectivity index (χ1n) is 11.0. The van der Waals surface area contributed by atoms with Crippen molar-refractivity contribution in [1.29, 1.82) is 0 Å². The monoisotopic (exact) mass is 549 g/mol. The maximum Gasteiger partial charge on any atom is 0.326 e. The Morgan fingerprint density at radius 3 is 2.56 bits per heavy atom. The van der Waals surface area contributed by atoms with Crippen LogP contribution in [0.3, 0.4) is 0 Å². The number of hydrogen-bond acceptors (Lipinski definition) is 7. The first-order valence-corrected chi connectivity index (χ1v) is 12.5. The fraction of sp³-hybridized carbons (Fsp3) is 0.269. The van der Waals surface area contributed by atoms with Gasteiger partial charge in [-0.3, -0.25) is 19.3 Å². The Morgan fingerprint density at radius 2 is 1.92 bits per heavy atom. The van der Waals surface area contributed by atoms with Gasteiger partial charge < -0.3 is 14.2 Å². The average Bonchev–Trinajstić information content (AvgIpc) is 3.06. The molecule has 1 aliphatic rings.